The summed E-state index contributed by atoms with van der Waals surface area (Å²) in [6.45, 7) is 0. The van der Waals surface area contributed by atoms with E-state index in [2.05, 4.69) is 24.8 Å². The molecule has 0 saturated heterocycles. The molecule has 0 bridgehead atoms. The maximum Gasteiger partial charge on any atom is 1.00 e. The maximum absolute atomic E-state index is 4.11. The summed E-state index contributed by atoms with van der Waals surface area (Å²) in [6, 6.07) is 10.2. The van der Waals surface area contributed by atoms with Gasteiger partial charge in [0.2, 0.25) is 0 Å². The molecule has 0 aliphatic rings. The summed E-state index contributed by atoms with van der Waals surface area (Å²) >= 11 is 4.11. The molecule has 0 aliphatic carbocycles. The number of rotatable bonds is 1. The van der Waals surface area contributed by atoms with E-state index in [4.69, 9.17) is 0 Å². The monoisotopic (exact) mass is 164 g/mol. The molecule has 0 atom stereocenters. The summed E-state index contributed by atoms with van der Waals surface area (Å²) in [5.41, 5.74) is 1.27. The van der Waals surface area contributed by atoms with Gasteiger partial charge in [-0.2, -0.15) is 12.6 Å². The zero-order valence-electron chi connectivity index (χ0n) is 6.54. The van der Waals surface area contributed by atoms with Gasteiger partial charge in [-0.3, -0.25) is 0 Å². The largest absolute Gasteiger partial charge is 1.00 e. The van der Waals surface area contributed by atoms with Gasteiger partial charge in [0.1, 0.15) is 0 Å². The molecule has 9 heavy (non-hydrogen) atoms. The van der Waals surface area contributed by atoms with Gasteiger partial charge in [-0.15, -0.1) is 0 Å². The van der Waals surface area contributed by atoms with Crippen LogP contribution in [0.5, 0.6) is 0 Å². The van der Waals surface area contributed by atoms with E-state index < -0.39 is 0 Å². The Bertz CT molecular complexity index is 155. The van der Waals surface area contributed by atoms with Crippen LogP contribution in [0.15, 0.2) is 30.3 Å². The summed E-state index contributed by atoms with van der Waals surface area (Å²) in [5, 5.41) is 0. The van der Waals surface area contributed by atoms with Crippen LogP contribution < -0.4 is 51.4 Å². The third-order valence-electron chi connectivity index (χ3n) is 1.03. The van der Waals surface area contributed by atoms with E-state index in [1.54, 1.807) is 0 Å². The van der Waals surface area contributed by atoms with Gasteiger partial charge in [0, 0.05) is 5.75 Å². The molecule has 0 fully saturated rings. The molecule has 1 aromatic carbocycles. The Balaban J connectivity index is 0. The zero-order valence-corrected chi connectivity index (χ0v) is 9.56. The second-order valence-electron chi connectivity index (χ2n) is 1.64. The minimum absolute atomic E-state index is 0. The van der Waals surface area contributed by atoms with Crippen molar-refractivity contribution in [3.63, 3.8) is 0 Å². The van der Waals surface area contributed by atoms with Crippen molar-refractivity contribution in [1.82, 2.24) is 0 Å². The molecule has 0 unspecified atom stereocenters. The van der Waals surface area contributed by atoms with E-state index in [0.29, 0.717) is 0 Å². The van der Waals surface area contributed by atoms with Crippen molar-refractivity contribution >= 4 is 12.6 Å². The maximum atomic E-state index is 4.11. The smallest absolute Gasteiger partial charge is 1.00 e. The molecule has 0 N–H and O–H groups in total. The molecule has 0 amide bonds. The van der Waals surface area contributed by atoms with Crippen LogP contribution in [-0.2, 0) is 5.75 Å². The Morgan fingerprint density at radius 3 is 2.11 bits per heavy atom. The van der Waals surface area contributed by atoms with Crippen molar-refractivity contribution in [3.05, 3.63) is 35.9 Å². The van der Waals surface area contributed by atoms with Gasteiger partial charge in [0.25, 0.3) is 0 Å². The Hall–Kier alpha value is 1.21. The molecule has 1 aromatic rings. The zero-order chi connectivity index (χ0) is 5.82. The first-order chi connectivity index (χ1) is 3.93. The molecule has 44 valence electrons. The van der Waals surface area contributed by atoms with Crippen LogP contribution in [0.2, 0.25) is 0 Å². The molecular formula is C7H9KS. The van der Waals surface area contributed by atoms with Crippen molar-refractivity contribution in [1.29, 1.82) is 0 Å². The molecule has 0 radical (unpaired) electrons. The fraction of sp³-hybridized carbons (Fsp3) is 0.143. The first-order valence-corrected chi connectivity index (χ1v) is 3.21. The summed E-state index contributed by atoms with van der Waals surface area (Å²) in [4.78, 5) is 0. The van der Waals surface area contributed by atoms with Gasteiger partial charge in [0.15, 0.2) is 0 Å². The average molecular weight is 164 g/mol. The van der Waals surface area contributed by atoms with Crippen LogP contribution in [0.1, 0.15) is 6.99 Å². The Labute approximate surface area is 105 Å². The van der Waals surface area contributed by atoms with Crippen LogP contribution in [0.4, 0.5) is 0 Å². The number of hydrogen-bond acceptors (Lipinski definition) is 1. The predicted octanol–water partition coefficient (Wildman–Crippen LogP) is -0.767. The Morgan fingerprint density at radius 1 is 1.22 bits per heavy atom. The SMILES string of the molecule is SCc1ccccc1.[H-].[K+]. The number of thiol groups is 1. The van der Waals surface area contributed by atoms with Gasteiger partial charge in [-0.25, -0.2) is 0 Å². The summed E-state index contributed by atoms with van der Waals surface area (Å²) in [6.07, 6.45) is 0. The number of benzene rings is 1. The molecule has 0 nitrogen and oxygen atoms in total. The Kier molecular flexibility index (Phi) is 6.75. The summed E-state index contributed by atoms with van der Waals surface area (Å²) in [7, 11) is 0. The van der Waals surface area contributed by atoms with E-state index >= 15 is 0 Å². The van der Waals surface area contributed by atoms with Crippen LogP contribution in [-0.4, -0.2) is 0 Å². The fourth-order valence-electron chi connectivity index (χ4n) is 0.583. The summed E-state index contributed by atoms with van der Waals surface area (Å²) in [5.74, 6) is 0.834. The van der Waals surface area contributed by atoms with E-state index in [0.717, 1.165) is 5.75 Å². The summed E-state index contributed by atoms with van der Waals surface area (Å²) < 4.78 is 0. The third kappa shape index (κ3) is 3.81. The minimum Gasteiger partial charge on any atom is -1.00 e. The average Bonchev–Trinajstić information content (AvgIpc) is 1.90. The van der Waals surface area contributed by atoms with Gasteiger partial charge < -0.3 is 1.43 Å². The molecule has 0 spiro atoms. The second-order valence-corrected chi connectivity index (χ2v) is 1.96. The predicted molar refractivity (Wildman–Crippen MR) is 40.2 cm³/mol. The first kappa shape index (κ1) is 10.2. The Morgan fingerprint density at radius 2 is 1.78 bits per heavy atom. The third-order valence-corrected chi connectivity index (χ3v) is 1.39. The number of hydrogen-bond donors (Lipinski definition) is 1. The molecular weight excluding hydrogens is 155 g/mol. The van der Waals surface area contributed by atoms with Crippen molar-refractivity contribution in [3.8, 4) is 0 Å². The van der Waals surface area contributed by atoms with Crippen LogP contribution in [0.25, 0.3) is 0 Å². The van der Waals surface area contributed by atoms with Gasteiger partial charge in [-0.05, 0) is 5.56 Å². The van der Waals surface area contributed by atoms with Gasteiger partial charge >= 0.3 is 51.4 Å². The van der Waals surface area contributed by atoms with E-state index in [9.17, 15) is 0 Å². The molecule has 0 saturated carbocycles. The van der Waals surface area contributed by atoms with Gasteiger partial charge in [0.05, 0.1) is 0 Å². The molecule has 1 rings (SSSR count). The molecule has 0 aromatic heterocycles. The van der Waals surface area contributed by atoms with Crippen LogP contribution >= 0.6 is 12.6 Å². The van der Waals surface area contributed by atoms with Crippen LogP contribution in [0, 0.1) is 0 Å². The molecule has 2 heteroatoms. The standard InChI is InChI=1S/C7H8S.K.H/c8-6-7-4-2-1-3-5-7;;/h1-5,8H,6H2;;/q;+1;-1. The first-order valence-electron chi connectivity index (χ1n) is 2.58. The fourth-order valence-corrected chi connectivity index (χ4v) is 0.794. The van der Waals surface area contributed by atoms with Crippen molar-refractivity contribution < 1.29 is 52.8 Å². The minimum atomic E-state index is 0. The van der Waals surface area contributed by atoms with Crippen molar-refractivity contribution in [2.24, 2.45) is 0 Å². The topological polar surface area (TPSA) is 0 Å². The van der Waals surface area contributed by atoms with E-state index in [1.165, 1.54) is 5.56 Å². The second kappa shape index (κ2) is 5.95. The van der Waals surface area contributed by atoms with E-state index in [-0.39, 0.29) is 52.8 Å². The van der Waals surface area contributed by atoms with Crippen molar-refractivity contribution in [2.45, 2.75) is 5.75 Å². The quantitative estimate of drug-likeness (QED) is 0.409. The van der Waals surface area contributed by atoms with Crippen molar-refractivity contribution in [2.75, 3.05) is 0 Å². The van der Waals surface area contributed by atoms with Crippen LogP contribution in [0.3, 0.4) is 0 Å². The van der Waals surface area contributed by atoms with E-state index in [1.807, 2.05) is 18.2 Å². The molecule has 0 heterocycles. The van der Waals surface area contributed by atoms with Gasteiger partial charge in [-0.1, -0.05) is 30.3 Å². The normalized spacial score (nSPS) is 8.11. The molecule has 0 aliphatic heterocycles.